The Balaban J connectivity index is 1.60. The molecule has 0 bridgehead atoms. The molecule has 0 aliphatic carbocycles. The number of nitrogens with zero attached hydrogens (tertiary/aromatic N) is 1. The highest BCUT2D eigenvalue weighted by atomic mass is 16.5. The molecule has 0 unspecified atom stereocenters. The van der Waals surface area contributed by atoms with E-state index in [1.807, 2.05) is 24.3 Å². The molecule has 1 heterocycles. The number of ether oxygens (including phenoxy) is 2. The van der Waals surface area contributed by atoms with Gasteiger partial charge in [-0.2, -0.15) is 0 Å². The topological polar surface area (TPSA) is 77.5 Å². The first-order valence-electron chi connectivity index (χ1n) is 12.2. The number of aromatic nitrogens is 1. The number of hydrogen-bond acceptors (Lipinski definition) is 5. The van der Waals surface area contributed by atoms with Crippen LogP contribution >= 0.6 is 0 Å². The van der Waals surface area contributed by atoms with E-state index in [9.17, 15) is 9.59 Å². The molecule has 0 radical (unpaired) electrons. The molecular formula is C29H36N2O4. The molecule has 0 fully saturated rings. The van der Waals surface area contributed by atoms with E-state index < -0.39 is 0 Å². The molecular weight excluding hydrogens is 440 g/mol. The summed E-state index contributed by atoms with van der Waals surface area (Å²) in [5.41, 5.74) is 3.51. The fraction of sp³-hybridized carbons (Fsp3) is 0.414. The maximum atomic E-state index is 12.8. The number of para-hydroxylation sites is 1. The third-order valence-corrected chi connectivity index (χ3v) is 5.95. The molecule has 1 N–H and O–H groups in total. The monoisotopic (exact) mass is 476 g/mol. The minimum Gasteiger partial charge on any atom is -0.488 e. The van der Waals surface area contributed by atoms with E-state index in [1.54, 1.807) is 6.07 Å². The first-order valence-corrected chi connectivity index (χ1v) is 12.2. The molecule has 0 aliphatic rings. The molecule has 0 aliphatic heterocycles. The third-order valence-electron chi connectivity index (χ3n) is 5.95. The second-order valence-corrected chi connectivity index (χ2v) is 9.75. The van der Waals surface area contributed by atoms with Crippen LogP contribution in [0.25, 0.3) is 10.9 Å². The van der Waals surface area contributed by atoms with E-state index in [-0.39, 0.29) is 17.3 Å². The van der Waals surface area contributed by atoms with Crippen LogP contribution in [-0.4, -0.2) is 30.5 Å². The van der Waals surface area contributed by atoms with Crippen LogP contribution in [0.1, 0.15) is 74.5 Å². The number of hydrogen-bond donors (Lipinski definition) is 1. The van der Waals surface area contributed by atoms with Gasteiger partial charge in [0.15, 0.2) is 0 Å². The minimum absolute atomic E-state index is 0.103. The lowest BCUT2D eigenvalue weighted by molar-refractivity contribution is -0.140. The minimum atomic E-state index is -0.218. The van der Waals surface area contributed by atoms with Gasteiger partial charge in [0, 0.05) is 24.4 Å². The maximum absolute atomic E-state index is 12.8. The molecule has 0 atom stereocenters. The predicted molar refractivity (Wildman–Crippen MR) is 139 cm³/mol. The Morgan fingerprint density at radius 3 is 2.37 bits per heavy atom. The Kier molecular flexibility index (Phi) is 9.24. The van der Waals surface area contributed by atoms with Crippen molar-refractivity contribution in [2.45, 2.75) is 64.9 Å². The van der Waals surface area contributed by atoms with Crippen molar-refractivity contribution in [3.63, 3.8) is 0 Å². The smallest absolute Gasteiger partial charge is 0.305 e. The van der Waals surface area contributed by atoms with Crippen molar-refractivity contribution in [1.82, 2.24) is 10.3 Å². The Morgan fingerprint density at radius 1 is 0.943 bits per heavy atom. The zero-order chi connectivity index (χ0) is 25.3. The van der Waals surface area contributed by atoms with Crippen molar-refractivity contribution in [1.29, 1.82) is 0 Å². The van der Waals surface area contributed by atoms with Crippen molar-refractivity contribution in [3.8, 4) is 5.75 Å². The van der Waals surface area contributed by atoms with Gasteiger partial charge in [0.05, 0.1) is 12.6 Å². The molecule has 1 amide bonds. The lowest BCUT2D eigenvalue weighted by atomic mass is 9.87. The summed E-state index contributed by atoms with van der Waals surface area (Å²) in [5.74, 6) is 0.244. The van der Waals surface area contributed by atoms with Gasteiger partial charge >= 0.3 is 5.97 Å². The zero-order valence-electron chi connectivity index (χ0n) is 21.2. The molecule has 1 aromatic heterocycles. The van der Waals surface area contributed by atoms with Gasteiger partial charge in [-0.3, -0.25) is 9.59 Å². The second-order valence-electron chi connectivity index (χ2n) is 9.75. The molecule has 0 spiro atoms. The van der Waals surface area contributed by atoms with Crippen LogP contribution in [-0.2, 0) is 21.6 Å². The third kappa shape index (κ3) is 7.81. The number of pyridine rings is 1. The summed E-state index contributed by atoms with van der Waals surface area (Å²) in [5, 5.41) is 3.82. The highest BCUT2D eigenvalue weighted by Gasteiger charge is 2.15. The van der Waals surface area contributed by atoms with Crippen LogP contribution in [0.4, 0.5) is 0 Å². The average molecular weight is 477 g/mol. The summed E-state index contributed by atoms with van der Waals surface area (Å²) >= 11 is 0. The Morgan fingerprint density at radius 2 is 1.66 bits per heavy atom. The largest absolute Gasteiger partial charge is 0.488 e. The van der Waals surface area contributed by atoms with Gasteiger partial charge in [-0.15, -0.1) is 0 Å². The van der Waals surface area contributed by atoms with Gasteiger partial charge in [0.25, 0.3) is 5.91 Å². The Hall–Kier alpha value is -3.41. The molecule has 186 valence electrons. The molecule has 0 saturated heterocycles. The van der Waals surface area contributed by atoms with Gasteiger partial charge in [-0.25, -0.2) is 4.98 Å². The number of esters is 1. The molecule has 0 saturated carbocycles. The van der Waals surface area contributed by atoms with E-state index in [0.717, 1.165) is 42.1 Å². The van der Waals surface area contributed by atoms with Crippen molar-refractivity contribution in [2.24, 2.45) is 0 Å². The summed E-state index contributed by atoms with van der Waals surface area (Å²) in [6, 6.07) is 17.8. The second kappa shape index (κ2) is 12.3. The summed E-state index contributed by atoms with van der Waals surface area (Å²) in [7, 11) is 1.40. The molecule has 6 nitrogen and oxygen atoms in total. The number of nitrogens with one attached hydrogen (secondary N) is 1. The molecule has 3 rings (SSSR count). The lowest BCUT2D eigenvalue weighted by Crippen LogP contribution is -2.25. The Labute approximate surface area is 208 Å². The van der Waals surface area contributed by atoms with E-state index in [1.165, 1.54) is 12.7 Å². The lowest BCUT2D eigenvalue weighted by Gasteiger charge is -2.19. The predicted octanol–water partition coefficient (Wildman–Crippen LogP) is 5.96. The first-order chi connectivity index (χ1) is 16.8. The number of benzene rings is 2. The Bertz CT molecular complexity index is 1130. The summed E-state index contributed by atoms with van der Waals surface area (Å²) in [4.78, 5) is 28.5. The summed E-state index contributed by atoms with van der Waals surface area (Å²) < 4.78 is 10.8. The van der Waals surface area contributed by atoms with Crippen LogP contribution in [0, 0.1) is 0 Å². The van der Waals surface area contributed by atoms with Crippen molar-refractivity contribution in [2.75, 3.05) is 13.7 Å². The quantitative estimate of drug-likeness (QED) is 0.273. The molecule has 6 heteroatoms. The highest BCUT2D eigenvalue weighted by Crippen LogP contribution is 2.27. The molecule has 3 aromatic rings. The van der Waals surface area contributed by atoms with Crippen LogP contribution in [0.2, 0.25) is 0 Å². The van der Waals surface area contributed by atoms with Crippen molar-refractivity contribution < 1.29 is 19.1 Å². The van der Waals surface area contributed by atoms with Gasteiger partial charge in [0.2, 0.25) is 0 Å². The van der Waals surface area contributed by atoms with Gasteiger partial charge in [0.1, 0.15) is 18.1 Å². The van der Waals surface area contributed by atoms with Gasteiger partial charge in [-0.05, 0) is 41.5 Å². The summed E-state index contributed by atoms with van der Waals surface area (Å²) in [6.07, 6.45) is 3.94. The van der Waals surface area contributed by atoms with E-state index in [4.69, 9.17) is 4.74 Å². The number of carbonyl (C=O) groups is 2. The van der Waals surface area contributed by atoms with E-state index in [0.29, 0.717) is 31.0 Å². The molecule has 2 aromatic carbocycles. The average Bonchev–Trinajstić information content (AvgIpc) is 2.85. The number of carbonyl (C=O) groups excluding carboxylic acids is 2. The highest BCUT2D eigenvalue weighted by molar-refractivity contribution is 5.97. The molecule has 35 heavy (non-hydrogen) atoms. The number of rotatable bonds is 11. The van der Waals surface area contributed by atoms with Crippen LogP contribution in [0.3, 0.4) is 0 Å². The summed E-state index contributed by atoms with van der Waals surface area (Å²) in [6.45, 7) is 7.55. The van der Waals surface area contributed by atoms with Crippen LogP contribution < -0.4 is 10.1 Å². The number of unbranched alkanes of at least 4 members (excludes halogenated alkanes) is 3. The zero-order valence-corrected chi connectivity index (χ0v) is 21.2. The van der Waals surface area contributed by atoms with Crippen molar-refractivity contribution >= 4 is 22.8 Å². The SMILES string of the molecule is COC(=O)CCCCCCNC(=O)c1cc(OCc2ccc(C(C)(C)C)cc2)c2ccccc2n1. The van der Waals surface area contributed by atoms with Gasteiger partial charge < -0.3 is 14.8 Å². The number of amides is 1. The maximum Gasteiger partial charge on any atom is 0.305 e. The van der Waals surface area contributed by atoms with Crippen LogP contribution in [0.15, 0.2) is 54.6 Å². The number of methoxy groups -OCH3 is 1. The van der Waals surface area contributed by atoms with Crippen LogP contribution in [0.5, 0.6) is 5.75 Å². The van der Waals surface area contributed by atoms with E-state index in [2.05, 4.69) is 60.1 Å². The van der Waals surface area contributed by atoms with Crippen molar-refractivity contribution in [3.05, 3.63) is 71.4 Å². The van der Waals surface area contributed by atoms with Gasteiger partial charge in [-0.1, -0.05) is 70.0 Å². The fourth-order valence-corrected chi connectivity index (χ4v) is 3.78. The fourth-order valence-electron chi connectivity index (χ4n) is 3.78. The van der Waals surface area contributed by atoms with E-state index >= 15 is 0 Å². The first kappa shape index (κ1) is 26.2. The normalized spacial score (nSPS) is 11.3. The standard InChI is InChI=1S/C29H36N2O4/c1-29(2,3)22-16-14-21(15-17-22)20-35-26-19-25(31-24-12-9-8-11-23(24)26)28(33)30-18-10-6-5-7-13-27(32)34-4/h8-9,11-12,14-17,19H,5-7,10,13,18,20H2,1-4H3,(H,30,33). The number of fused-ring (bicyclic) bond motifs is 1.